The first kappa shape index (κ1) is 11.0. The van der Waals surface area contributed by atoms with Gasteiger partial charge in [0.05, 0.1) is 12.6 Å². The number of ether oxygens (including phenoxy) is 1. The predicted molar refractivity (Wildman–Crippen MR) is 55.4 cm³/mol. The maximum atomic E-state index is 11.4. The van der Waals surface area contributed by atoms with Gasteiger partial charge in [0, 0.05) is 19.0 Å². The molecule has 1 heterocycles. The molecule has 1 aromatic rings. The lowest BCUT2D eigenvalue weighted by atomic mass is 10.1. The Hall–Kier alpha value is -1.03. The highest BCUT2D eigenvalue weighted by atomic mass is 16.5. The van der Waals surface area contributed by atoms with Gasteiger partial charge in [-0.2, -0.15) is 0 Å². The van der Waals surface area contributed by atoms with Crippen molar-refractivity contribution in [3.05, 3.63) is 22.9 Å². The number of nitrogens with zero attached hydrogens (tertiary/aromatic N) is 1. The van der Waals surface area contributed by atoms with Crippen molar-refractivity contribution < 1.29 is 4.74 Å². The molecule has 4 heteroatoms. The molecule has 80 valence electrons. The van der Waals surface area contributed by atoms with Crippen molar-refractivity contribution in [1.82, 2.24) is 9.55 Å². The Kier molecular flexibility index (Phi) is 3.95. The minimum Gasteiger partial charge on any atom is -0.380 e. The summed E-state index contributed by atoms with van der Waals surface area (Å²) in [6.07, 6.45) is 3.43. The van der Waals surface area contributed by atoms with Crippen LogP contribution >= 0.6 is 0 Å². The van der Waals surface area contributed by atoms with Crippen molar-refractivity contribution >= 4 is 0 Å². The molecule has 1 aromatic heterocycles. The second kappa shape index (κ2) is 5.00. The average Bonchev–Trinajstić information content (AvgIpc) is 2.52. The number of H-pyrrole nitrogens is 1. The fraction of sp³-hybridized carbons (Fsp3) is 0.700. The molecule has 14 heavy (non-hydrogen) atoms. The Labute approximate surface area is 83.9 Å². The second-order valence-corrected chi connectivity index (χ2v) is 3.64. The summed E-state index contributed by atoms with van der Waals surface area (Å²) in [5.41, 5.74) is -0.0663. The molecule has 4 nitrogen and oxygen atoms in total. The van der Waals surface area contributed by atoms with E-state index >= 15 is 0 Å². The molecule has 0 bridgehead atoms. The van der Waals surface area contributed by atoms with Gasteiger partial charge in [-0.3, -0.25) is 4.57 Å². The highest BCUT2D eigenvalue weighted by Gasteiger charge is 2.16. The molecule has 0 radical (unpaired) electrons. The Morgan fingerprint density at radius 2 is 2.29 bits per heavy atom. The van der Waals surface area contributed by atoms with E-state index in [1.54, 1.807) is 17.0 Å². The normalized spacial score (nSPS) is 13.4. The molecular weight excluding hydrogens is 180 g/mol. The number of aromatic amines is 1. The molecule has 1 atom stereocenters. The van der Waals surface area contributed by atoms with Crippen LogP contribution in [0.1, 0.15) is 26.8 Å². The summed E-state index contributed by atoms with van der Waals surface area (Å²) in [5.74, 6) is 0.384. The quantitative estimate of drug-likeness (QED) is 0.777. The third-order valence-corrected chi connectivity index (χ3v) is 2.30. The summed E-state index contributed by atoms with van der Waals surface area (Å²) in [4.78, 5) is 14.0. The summed E-state index contributed by atoms with van der Waals surface area (Å²) in [6, 6.07) is 0.119. The van der Waals surface area contributed by atoms with Crippen LogP contribution in [0.15, 0.2) is 17.2 Å². The molecule has 0 aliphatic rings. The van der Waals surface area contributed by atoms with Crippen LogP contribution in [0.3, 0.4) is 0 Å². The van der Waals surface area contributed by atoms with Gasteiger partial charge in [-0.1, -0.05) is 13.8 Å². The fourth-order valence-electron chi connectivity index (χ4n) is 1.42. The Morgan fingerprint density at radius 1 is 1.57 bits per heavy atom. The van der Waals surface area contributed by atoms with Gasteiger partial charge in [0.2, 0.25) is 0 Å². The molecule has 1 rings (SSSR count). The maximum Gasteiger partial charge on any atom is 0.325 e. The van der Waals surface area contributed by atoms with E-state index in [-0.39, 0.29) is 11.7 Å². The van der Waals surface area contributed by atoms with Gasteiger partial charge >= 0.3 is 5.69 Å². The van der Waals surface area contributed by atoms with E-state index < -0.39 is 0 Å². The van der Waals surface area contributed by atoms with Crippen LogP contribution in [0.5, 0.6) is 0 Å². The van der Waals surface area contributed by atoms with Crippen LogP contribution in [0, 0.1) is 5.92 Å². The number of rotatable bonds is 5. The van der Waals surface area contributed by atoms with E-state index in [9.17, 15) is 4.79 Å². The number of aromatic nitrogens is 2. The second-order valence-electron chi connectivity index (χ2n) is 3.64. The van der Waals surface area contributed by atoms with Crippen LogP contribution in [-0.2, 0) is 4.74 Å². The Bertz CT molecular complexity index is 314. The maximum absolute atomic E-state index is 11.4. The van der Waals surface area contributed by atoms with E-state index in [4.69, 9.17) is 4.74 Å². The van der Waals surface area contributed by atoms with Crippen LogP contribution in [0.2, 0.25) is 0 Å². The molecule has 0 saturated carbocycles. The largest absolute Gasteiger partial charge is 0.380 e. The van der Waals surface area contributed by atoms with Crippen LogP contribution in [0.25, 0.3) is 0 Å². The summed E-state index contributed by atoms with van der Waals surface area (Å²) >= 11 is 0. The van der Waals surface area contributed by atoms with Gasteiger partial charge in [0.25, 0.3) is 0 Å². The van der Waals surface area contributed by atoms with Crippen molar-refractivity contribution in [3.8, 4) is 0 Å². The molecule has 1 unspecified atom stereocenters. The molecule has 0 aliphatic heterocycles. The first-order valence-electron chi connectivity index (χ1n) is 5.00. The van der Waals surface area contributed by atoms with Gasteiger partial charge in [-0.05, 0) is 12.8 Å². The van der Waals surface area contributed by atoms with E-state index in [1.807, 2.05) is 6.92 Å². The number of nitrogens with one attached hydrogen (secondary N) is 1. The highest BCUT2D eigenvalue weighted by Crippen LogP contribution is 2.15. The molecule has 1 N–H and O–H groups in total. The van der Waals surface area contributed by atoms with E-state index in [0.717, 1.165) is 0 Å². The van der Waals surface area contributed by atoms with Gasteiger partial charge in [0.15, 0.2) is 0 Å². The third-order valence-electron chi connectivity index (χ3n) is 2.30. The topological polar surface area (TPSA) is 47.0 Å². The van der Waals surface area contributed by atoms with Gasteiger partial charge in [-0.25, -0.2) is 4.79 Å². The molecule has 0 aromatic carbocycles. The van der Waals surface area contributed by atoms with Crippen molar-refractivity contribution in [2.45, 2.75) is 26.8 Å². The fourth-order valence-corrected chi connectivity index (χ4v) is 1.42. The lowest BCUT2D eigenvalue weighted by Crippen LogP contribution is -2.28. The monoisotopic (exact) mass is 198 g/mol. The van der Waals surface area contributed by atoms with Crippen molar-refractivity contribution in [2.24, 2.45) is 5.92 Å². The molecule has 0 spiro atoms. The first-order valence-corrected chi connectivity index (χ1v) is 5.00. The zero-order valence-corrected chi connectivity index (χ0v) is 8.99. The minimum atomic E-state index is -0.0663. The van der Waals surface area contributed by atoms with Crippen LogP contribution in [-0.4, -0.2) is 22.8 Å². The van der Waals surface area contributed by atoms with Gasteiger partial charge in [-0.15, -0.1) is 0 Å². The molecular formula is C10H18N2O2. The highest BCUT2D eigenvalue weighted by molar-refractivity contribution is 4.83. The third kappa shape index (κ3) is 2.48. The number of imidazole rings is 1. The SMILES string of the molecule is CCOCC(C(C)C)n1cc[nH]c1=O. The van der Waals surface area contributed by atoms with Crippen molar-refractivity contribution in [1.29, 1.82) is 0 Å². The van der Waals surface area contributed by atoms with E-state index in [1.165, 1.54) is 0 Å². The molecule has 0 aliphatic carbocycles. The standard InChI is InChI=1S/C10H18N2O2/c1-4-14-7-9(8(2)3)12-6-5-11-10(12)13/h5-6,8-9H,4,7H2,1-3H3,(H,11,13). The lowest BCUT2D eigenvalue weighted by molar-refractivity contribution is 0.0952. The summed E-state index contributed by atoms with van der Waals surface area (Å²) < 4.78 is 7.06. The summed E-state index contributed by atoms with van der Waals surface area (Å²) in [5, 5.41) is 0. The van der Waals surface area contributed by atoms with E-state index in [0.29, 0.717) is 19.1 Å². The zero-order valence-electron chi connectivity index (χ0n) is 8.99. The van der Waals surface area contributed by atoms with Gasteiger partial charge in [0.1, 0.15) is 0 Å². The molecule has 0 fully saturated rings. The summed E-state index contributed by atoms with van der Waals surface area (Å²) in [7, 11) is 0. The Balaban J connectivity index is 2.78. The van der Waals surface area contributed by atoms with Gasteiger partial charge < -0.3 is 9.72 Å². The van der Waals surface area contributed by atoms with Crippen molar-refractivity contribution in [2.75, 3.05) is 13.2 Å². The zero-order chi connectivity index (χ0) is 10.6. The predicted octanol–water partition coefficient (Wildman–Crippen LogP) is 1.41. The van der Waals surface area contributed by atoms with Crippen molar-refractivity contribution in [3.63, 3.8) is 0 Å². The number of hydrogen-bond acceptors (Lipinski definition) is 2. The Morgan fingerprint density at radius 3 is 2.71 bits per heavy atom. The molecule has 0 saturated heterocycles. The lowest BCUT2D eigenvalue weighted by Gasteiger charge is -2.21. The average molecular weight is 198 g/mol. The number of hydrogen-bond donors (Lipinski definition) is 1. The minimum absolute atomic E-state index is 0.0663. The summed E-state index contributed by atoms with van der Waals surface area (Å²) in [6.45, 7) is 7.40. The molecule has 0 amide bonds. The van der Waals surface area contributed by atoms with Crippen LogP contribution < -0.4 is 5.69 Å². The van der Waals surface area contributed by atoms with E-state index in [2.05, 4.69) is 18.8 Å². The van der Waals surface area contributed by atoms with Crippen LogP contribution in [0.4, 0.5) is 0 Å². The first-order chi connectivity index (χ1) is 6.66. The smallest absolute Gasteiger partial charge is 0.325 e.